The molecule has 0 aliphatic heterocycles. The second-order valence-corrected chi connectivity index (χ2v) is 13.6. The Morgan fingerprint density at radius 3 is 2.13 bits per heavy atom. The summed E-state index contributed by atoms with van der Waals surface area (Å²) in [6, 6.07) is 25.2. The summed E-state index contributed by atoms with van der Waals surface area (Å²) < 4.78 is 2.35. The normalized spacial score (nSPS) is 11.8. The van der Waals surface area contributed by atoms with Gasteiger partial charge in [-0.05, 0) is 49.4 Å². The number of aromatic nitrogens is 1. The Morgan fingerprint density at radius 1 is 0.733 bits per heavy atom. The van der Waals surface area contributed by atoms with E-state index in [4.69, 9.17) is 0 Å². The number of pyridine rings is 1. The van der Waals surface area contributed by atoms with Crippen LogP contribution in [0.3, 0.4) is 0 Å². The number of rotatable bonds is 3. The van der Waals surface area contributed by atoms with Gasteiger partial charge in [-0.1, -0.05) is 77.6 Å². The summed E-state index contributed by atoms with van der Waals surface area (Å²) in [4.78, 5) is 0. The second-order valence-electron chi connectivity index (χ2n) is 9.24. The summed E-state index contributed by atoms with van der Waals surface area (Å²) in [6.07, 6.45) is 0. The Kier molecular flexibility index (Phi) is 5.15. The van der Waals surface area contributed by atoms with Crippen molar-refractivity contribution in [2.45, 2.75) is 40.8 Å². The minimum atomic E-state index is -1.74. The summed E-state index contributed by atoms with van der Waals surface area (Å²) in [5, 5.41) is 5.64. The first-order chi connectivity index (χ1) is 14.2. The maximum atomic E-state index is 2.45. The molecule has 4 rings (SSSR count). The van der Waals surface area contributed by atoms with Crippen molar-refractivity contribution in [3.05, 3.63) is 89.1 Å². The summed E-state index contributed by atoms with van der Waals surface area (Å²) in [5.74, 6) is 0. The van der Waals surface area contributed by atoms with Crippen LogP contribution in [0.4, 0.5) is 0 Å². The van der Waals surface area contributed by atoms with E-state index < -0.39 is 8.07 Å². The van der Waals surface area contributed by atoms with E-state index in [1.807, 2.05) is 0 Å². The zero-order valence-corrected chi connectivity index (χ0v) is 20.3. The highest BCUT2D eigenvalue weighted by Crippen LogP contribution is 2.31. The number of hydrogen-bond acceptors (Lipinski definition) is 0. The number of nitrogens with zero attached hydrogens (tertiary/aromatic N) is 1. The van der Waals surface area contributed by atoms with Gasteiger partial charge in [0.15, 0.2) is 5.69 Å². The van der Waals surface area contributed by atoms with Gasteiger partial charge in [-0.2, -0.15) is 4.57 Å². The van der Waals surface area contributed by atoms with Gasteiger partial charge in [0.05, 0.1) is 10.9 Å². The van der Waals surface area contributed by atoms with Crippen LogP contribution >= 0.6 is 0 Å². The summed E-state index contributed by atoms with van der Waals surface area (Å²) >= 11 is 0. The summed E-state index contributed by atoms with van der Waals surface area (Å²) in [7, 11) is 0.456. The van der Waals surface area contributed by atoms with Gasteiger partial charge in [0.1, 0.15) is 15.1 Å². The van der Waals surface area contributed by atoms with Crippen LogP contribution in [0.15, 0.2) is 66.7 Å². The van der Waals surface area contributed by atoms with Crippen LogP contribution in [-0.4, -0.2) is 8.07 Å². The highest BCUT2D eigenvalue weighted by molar-refractivity contribution is 7.00. The van der Waals surface area contributed by atoms with Crippen molar-refractivity contribution in [3.8, 4) is 11.3 Å². The number of fused-ring (bicyclic) bond motifs is 1. The van der Waals surface area contributed by atoms with Crippen molar-refractivity contribution in [1.29, 1.82) is 0 Å². The molecule has 152 valence electrons. The molecule has 0 bridgehead atoms. The van der Waals surface area contributed by atoms with Crippen LogP contribution in [0.1, 0.15) is 22.4 Å². The standard InChI is InChI=1S/C28H32NSi/c1-19-15-20(2)22(4)27(16-19)28-26-14-13-25(18-23(26)17-21(3)29(28)5)30(6,7)24-11-9-8-10-12-24/h8-18H,1-7H3/q+1. The molecule has 0 N–H and O–H groups in total. The minimum Gasteiger partial charge on any atom is -0.198 e. The van der Waals surface area contributed by atoms with E-state index in [1.54, 1.807) is 0 Å². The lowest BCUT2D eigenvalue weighted by molar-refractivity contribution is -0.665. The van der Waals surface area contributed by atoms with Crippen molar-refractivity contribution >= 4 is 29.2 Å². The Labute approximate surface area is 182 Å². The van der Waals surface area contributed by atoms with Crippen molar-refractivity contribution in [2.75, 3.05) is 0 Å². The Bertz CT molecular complexity index is 1250. The fourth-order valence-corrected chi connectivity index (χ4v) is 6.97. The highest BCUT2D eigenvalue weighted by Gasteiger charge is 2.27. The quantitative estimate of drug-likeness (QED) is 0.315. The first-order valence-corrected chi connectivity index (χ1v) is 13.8. The predicted octanol–water partition coefficient (Wildman–Crippen LogP) is 5.39. The van der Waals surface area contributed by atoms with E-state index in [2.05, 4.69) is 119 Å². The van der Waals surface area contributed by atoms with E-state index in [1.165, 1.54) is 54.8 Å². The van der Waals surface area contributed by atoms with Crippen LogP contribution < -0.4 is 14.9 Å². The first-order valence-electron chi connectivity index (χ1n) is 10.8. The van der Waals surface area contributed by atoms with Gasteiger partial charge in [0.2, 0.25) is 5.69 Å². The molecule has 4 aromatic rings. The molecule has 0 aliphatic carbocycles. The van der Waals surface area contributed by atoms with Crippen molar-refractivity contribution < 1.29 is 4.57 Å². The van der Waals surface area contributed by atoms with E-state index in [9.17, 15) is 0 Å². The van der Waals surface area contributed by atoms with E-state index >= 15 is 0 Å². The zero-order chi connectivity index (χ0) is 21.6. The number of aryl methyl sites for hydroxylation is 3. The van der Waals surface area contributed by atoms with Crippen molar-refractivity contribution in [1.82, 2.24) is 0 Å². The largest absolute Gasteiger partial charge is 0.220 e. The van der Waals surface area contributed by atoms with Gasteiger partial charge >= 0.3 is 0 Å². The molecule has 0 amide bonds. The van der Waals surface area contributed by atoms with E-state index in [-0.39, 0.29) is 0 Å². The average Bonchev–Trinajstić information content (AvgIpc) is 2.72. The molecule has 0 atom stereocenters. The monoisotopic (exact) mass is 410 g/mol. The lowest BCUT2D eigenvalue weighted by Crippen LogP contribution is -2.52. The number of hydrogen-bond donors (Lipinski definition) is 0. The second kappa shape index (κ2) is 7.52. The average molecular weight is 411 g/mol. The maximum Gasteiger partial charge on any atom is 0.220 e. The third-order valence-electron chi connectivity index (χ3n) is 6.82. The van der Waals surface area contributed by atoms with Crippen LogP contribution in [0.25, 0.3) is 22.0 Å². The molecule has 2 heteroatoms. The van der Waals surface area contributed by atoms with Gasteiger partial charge in [-0.3, -0.25) is 0 Å². The first kappa shape index (κ1) is 20.6. The molecule has 0 aliphatic rings. The Morgan fingerprint density at radius 2 is 1.43 bits per heavy atom. The Hall–Kier alpha value is -2.71. The molecular weight excluding hydrogens is 378 g/mol. The van der Waals surface area contributed by atoms with Crippen LogP contribution in [-0.2, 0) is 7.05 Å². The molecule has 0 saturated heterocycles. The fourth-order valence-electron chi connectivity index (χ4n) is 4.60. The van der Waals surface area contributed by atoms with E-state index in [0.717, 1.165) is 0 Å². The van der Waals surface area contributed by atoms with E-state index in [0.29, 0.717) is 0 Å². The smallest absolute Gasteiger partial charge is 0.198 e. The molecule has 0 unspecified atom stereocenters. The van der Waals surface area contributed by atoms with Gasteiger partial charge in [-0.25, -0.2) is 0 Å². The third kappa shape index (κ3) is 3.39. The summed E-state index contributed by atoms with van der Waals surface area (Å²) in [6.45, 7) is 13.8. The van der Waals surface area contributed by atoms with Gasteiger partial charge in [0.25, 0.3) is 0 Å². The molecule has 1 aromatic heterocycles. The van der Waals surface area contributed by atoms with Gasteiger partial charge in [-0.15, -0.1) is 0 Å². The van der Waals surface area contributed by atoms with Gasteiger partial charge < -0.3 is 0 Å². The van der Waals surface area contributed by atoms with Crippen molar-refractivity contribution in [2.24, 2.45) is 7.05 Å². The number of benzene rings is 3. The highest BCUT2D eigenvalue weighted by atomic mass is 28.3. The summed E-state index contributed by atoms with van der Waals surface area (Å²) in [5.41, 5.74) is 7.99. The molecule has 0 fully saturated rings. The third-order valence-corrected chi connectivity index (χ3v) is 10.4. The molecule has 1 nitrogen and oxygen atoms in total. The lowest BCUT2D eigenvalue weighted by atomic mass is 9.94. The fraction of sp³-hybridized carbons (Fsp3) is 0.250. The van der Waals surface area contributed by atoms with Crippen molar-refractivity contribution in [3.63, 3.8) is 0 Å². The molecule has 30 heavy (non-hydrogen) atoms. The minimum absolute atomic E-state index is 1.28. The van der Waals surface area contributed by atoms with Crippen LogP contribution in [0, 0.1) is 27.7 Å². The lowest BCUT2D eigenvalue weighted by Gasteiger charge is -2.24. The Balaban J connectivity index is 1.98. The van der Waals surface area contributed by atoms with Crippen LogP contribution in [0.2, 0.25) is 13.1 Å². The SMILES string of the molecule is Cc1cc(C)c(C)c(-c2c3ccc([Si](C)(C)c4ccccc4)cc3cc(C)[n+]2C)c1. The molecule has 0 saturated carbocycles. The molecular formula is C28H32NSi+. The molecule has 3 aromatic carbocycles. The molecule has 1 heterocycles. The van der Waals surface area contributed by atoms with Crippen LogP contribution in [0.5, 0.6) is 0 Å². The zero-order valence-electron chi connectivity index (χ0n) is 19.3. The van der Waals surface area contributed by atoms with Gasteiger partial charge in [0, 0.05) is 13.0 Å². The topological polar surface area (TPSA) is 3.88 Å². The predicted molar refractivity (Wildman–Crippen MR) is 133 cm³/mol. The maximum absolute atomic E-state index is 2.45. The molecule has 0 radical (unpaired) electrons. The molecule has 0 spiro atoms.